The van der Waals surface area contributed by atoms with Crippen LogP contribution < -0.4 is 4.90 Å². The van der Waals surface area contributed by atoms with Gasteiger partial charge < -0.3 is 10.0 Å². The zero-order valence-electron chi connectivity index (χ0n) is 10.2. The smallest absolute Gasteiger partial charge is 0.0472 e. The van der Waals surface area contributed by atoms with Gasteiger partial charge in [-0.25, -0.2) is 0 Å². The summed E-state index contributed by atoms with van der Waals surface area (Å²) >= 11 is 0. The van der Waals surface area contributed by atoms with Gasteiger partial charge in [-0.15, -0.1) is 0 Å². The molecule has 1 aromatic rings. The van der Waals surface area contributed by atoms with Crippen LogP contribution in [-0.4, -0.2) is 24.8 Å². The van der Waals surface area contributed by atoms with Crippen molar-refractivity contribution in [2.24, 2.45) is 5.92 Å². The van der Waals surface area contributed by atoms with E-state index in [9.17, 15) is 0 Å². The Balaban J connectivity index is 2.27. The summed E-state index contributed by atoms with van der Waals surface area (Å²) in [7, 11) is 0. The summed E-state index contributed by atoms with van der Waals surface area (Å²) in [5.41, 5.74) is 4.15. The van der Waals surface area contributed by atoms with Gasteiger partial charge >= 0.3 is 0 Å². The molecule has 1 aromatic carbocycles. The molecule has 0 amide bonds. The Morgan fingerprint density at radius 3 is 2.88 bits per heavy atom. The maximum absolute atomic E-state index is 9.10. The van der Waals surface area contributed by atoms with Gasteiger partial charge in [-0.1, -0.05) is 32.0 Å². The summed E-state index contributed by atoms with van der Waals surface area (Å²) in [6.45, 7) is 7.01. The molecular formula is C14H21NO. The van der Waals surface area contributed by atoms with E-state index in [0.717, 1.165) is 25.9 Å². The molecule has 0 spiro atoms. The fourth-order valence-electron chi connectivity index (χ4n) is 2.57. The molecule has 88 valence electrons. The maximum Gasteiger partial charge on any atom is 0.0472 e. The van der Waals surface area contributed by atoms with Crippen molar-refractivity contribution in [2.45, 2.75) is 26.7 Å². The maximum atomic E-state index is 9.10. The number of aliphatic hydroxyl groups is 1. The molecule has 0 bridgehead atoms. The van der Waals surface area contributed by atoms with Crippen LogP contribution in [0, 0.1) is 5.92 Å². The van der Waals surface area contributed by atoms with Crippen molar-refractivity contribution >= 4 is 5.69 Å². The van der Waals surface area contributed by atoms with Crippen LogP contribution >= 0.6 is 0 Å². The summed E-state index contributed by atoms with van der Waals surface area (Å²) < 4.78 is 0. The highest BCUT2D eigenvalue weighted by Gasteiger charge is 2.21. The Bertz CT molecular complexity index is 360. The Morgan fingerprint density at radius 2 is 2.19 bits per heavy atom. The van der Waals surface area contributed by atoms with Crippen LogP contribution in [0.3, 0.4) is 0 Å². The minimum absolute atomic E-state index is 0.242. The molecule has 16 heavy (non-hydrogen) atoms. The van der Waals surface area contributed by atoms with Crippen molar-refractivity contribution in [1.29, 1.82) is 0 Å². The number of para-hydroxylation sites is 1. The minimum atomic E-state index is 0.242. The van der Waals surface area contributed by atoms with Crippen molar-refractivity contribution < 1.29 is 5.11 Å². The third-order valence-corrected chi connectivity index (χ3v) is 3.14. The van der Waals surface area contributed by atoms with Gasteiger partial charge in [-0.2, -0.15) is 0 Å². The van der Waals surface area contributed by atoms with Crippen LogP contribution in [0.5, 0.6) is 0 Å². The highest BCUT2D eigenvalue weighted by atomic mass is 16.2. The van der Waals surface area contributed by atoms with E-state index in [1.165, 1.54) is 16.8 Å². The molecule has 0 fully saturated rings. The largest absolute Gasteiger partial charge is 0.396 e. The topological polar surface area (TPSA) is 23.5 Å². The van der Waals surface area contributed by atoms with Crippen molar-refractivity contribution in [3.63, 3.8) is 0 Å². The van der Waals surface area contributed by atoms with Crippen LogP contribution in [0.15, 0.2) is 18.2 Å². The Kier molecular flexibility index (Phi) is 3.49. The standard InChI is InChI=1S/C14H21NO/c1-11(2)10-15-8-6-12-4-3-5-13(7-9-16)14(12)15/h3-5,11,16H,6-10H2,1-2H3. The quantitative estimate of drug-likeness (QED) is 0.839. The van der Waals surface area contributed by atoms with Gasteiger partial charge in [-0.3, -0.25) is 0 Å². The van der Waals surface area contributed by atoms with Crippen molar-refractivity contribution in [3.8, 4) is 0 Å². The van der Waals surface area contributed by atoms with Crippen LogP contribution in [0.2, 0.25) is 0 Å². The number of fused-ring (bicyclic) bond motifs is 1. The number of hydrogen-bond donors (Lipinski definition) is 1. The van der Waals surface area contributed by atoms with Gasteiger partial charge in [0.1, 0.15) is 0 Å². The predicted molar refractivity (Wildman–Crippen MR) is 68.0 cm³/mol. The lowest BCUT2D eigenvalue weighted by Gasteiger charge is -2.24. The van der Waals surface area contributed by atoms with Crippen LogP contribution in [0.1, 0.15) is 25.0 Å². The van der Waals surface area contributed by atoms with Gasteiger partial charge in [-0.05, 0) is 29.9 Å². The first kappa shape index (κ1) is 11.5. The summed E-state index contributed by atoms with van der Waals surface area (Å²) in [5, 5.41) is 9.10. The van der Waals surface area contributed by atoms with Gasteiger partial charge in [0.15, 0.2) is 0 Å². The predicted octanol–water partition coefficient (Wildman–Crippen LogP) is 2.24. The van der Waals surface area contributed by atoms with E-state index < -0.39 is 0 Å². The third-order valence-electron chi connectivity index (χ3n) is 3.14. The number of hydrogen-bond acceptors (Lipinski definition) is 2. The molecule has 1 aliphatic rings. The third kappa shape index (κ3) is 2.22. The summed E-state index contributed by atoms with van der Waals surface area (Å²) in [5.74, 6) is 0.688. The lowest BCUT2D eigenvalue weighted by Crippen LogP contribution is -2.26. The van der Waals surface area contributed by atoms with E-state index in [1.54, 1.807) is 0 Å². The molecule has 0 atom stereocenters. The summed E-state index contributed by atoms with van der Waals surface area (Å²) in [6, 6.07) is 6.48. The highest BCUT2D eigenvalue weighted by Crippen LogP contribution is 2.32. The molecular weight excluding hydrogens is 198 g/mol. The van der Waals surface area contributed by atoms with E-state index in [1.807, 2.05) is 0 Å². The highest BCUT2D eigenvalue weighted by molar-refractivity contribution is 5.63. The first-order valence-electron chi connectivity index (χ1n) is 6.19. The monoisotopic (exact) mass is 219 g/mol. The number of nitrogens with zero attached hydrogens (tertiary/aromatic N) is 1. The minimum Gasteiger partial charge on any atom is -0.396 e. The lowest BCUT2D eigenvalue weighted by atomic mass is 10.0. The Morgan fingerprint density at radius 1 is 1.38 bits per heavy atom. The Hall–Kier alpha value is -1.02. The number of anilines is 1. The molecule has 2 nitrogen and oxygen atoms in total. The molecule has 2 rings (SSSR count). The average molecular weight is 219 g/mol. The first-order valence-corrected chi connectivity index (χ1v) is 6.19. The first-order chi connectivity index (χ1) is 7.72. The van der Waals surface area contributed by atoms with Crippen molar-refractivity contribution in [2.75, 3.05) is 24.6 Å². The van der Waals surface area contributed by atoms with E-state index >= 15 is 0 Å². The number of benzene rings is 1. The molecule has 1 aliphatic heterocycles. The number of rotatable bonds is 4. The van der Waals surface area contributed by atoms with Gasteiger partial charge in [0.2, 0.25) is 0 Å². The summed E-state index contributed by atoms with van der Waals surface area (Å²) in [6.07, 6.45) is 1.93. The molecule has 0 saturated carbocycles. The Labute approximate surface area is 97.9 Å². The molecule has 2 heteroatoms. The van der Waals surface area contributed by atoms with E-state index in [4.69, 9.17) is 5.11 Å². The zero-order chi connectivity index (χ0) is 11.5. The van der Waals surface area contributed by atoms with Crippen LogP contribution in [0.25, 0.3) is 0 Å². The second-order valence-corrected chi connectivity index (χ2v) is 4.99. The van der Waals surface area contributed by atoms with E-state index in [0.29, 0.717) is 5.92 Å². The second-order valence-electron chi connectivity index (χ2n) is 4.99. The normalized spacial score (nSPS) is 14.6. The molecule has 0 aromatic heterocycles. The lowest BCUT2D eigenvalue weighted by molar-refractivity contribution is 0.299. The number of aliphatic hydroxyl groups excluding tert-OH is 1. The molecule has 1 N–H and O–H groups in total. The van der Waals surface area contributed by atoms with Crippen LogP contribution in [-0.2, 0) is 12.8 Å². The molecule has 1 heterocycles. The van der Waals surface area contributed by atoms with Gasteiger partial charge in [0.25, 0.3) is 0 Å². The molecule has 0 saturated heterocycles. The van der Waals surface area contributed by atoms with Crippen LogP contribution in [0.4, 0.5) is 5.69 Å². The SMILES string of the molecule is CC(C)CN1CCc2cccc(CCO)c21. The van der Waals surface area contributed by atoms with Crippen molar-refractivity contribution in [3.05, 3.63) is 29.3 Å². The van der Waals surface area contributed by atoms with Gasteiger partial charge in [0, 0.05) is 25.4 Å². The van der Waals surface area contributed by atoms with Gasteiger partial charge in [0.05, 0.1) is 0 Å². The summed E-state index contributed by atoms with van der Waals surface area (Å²) in [4.78, 5) is 2.48. The van der Waals surface area contributed by atoms with E-state index in [2.05, 4.69) is 36.9 Å². The fraction of sp³-hybridized carbons (Fsp3) is 0.571. The van der Waals surface area contributed by atoms with E-state index in [-0.39, 0.29) is 6.61 Å². The zero-order valence-corrected chi connectivity index (χ0v) is 10.2. The fourth-order valence-corrected chi connectivity index (χ4v) is 2.57. The van der Waals surface area contributed by atoms with Crippen molar-refractivity contribution in [1.82, 2.24) is 0 Å². The molecule has 0 radical (unpaired) electrons. The second kappa shape index (κ2) is 4.88. The average Bonchev–Trinajstić information content (AvgIpc) is 2.62. The molecule has 0 unspecified atom stereocenters. The molecule has 0 aliphatic carbocycles.